The van der Waals surface area contributed by atoms with Crippen molar-refractivity contribution in [2.24, 2.45) is 0 Å². The van der Waals surface area contributed by atoms with Crippen LogP contribution < -0.4 is 0 Å². The second kappa shape index (κ2) is 7.99. The van der Waals surface area contributed by atoms with Crippen LogP contribution in [-0.4, -0.2) is 53.3 Å². The maximum atomic E-state index is 13.3. The van der Waals surface area contributed by atoms with E-state index >= 15 is 0 Å². The monoisotopic (exact) mass is 391 g/mol. The third-order valence-corrected chi connectivity index (χ3v) is 5.31. The molecule has 5 nitrogen and oxygen atoms in total. The van der Waals surface area contributed by atoms with Gasteiger partial charge in [0.25, 0.3) is 5.91 Å². The summed E-state index contributed by atoms with van der Waals surface area (Å²) >= 11 is 0. The van der Waals surface area contributed by atoms with Crippen molar-refractivity contribution in [3.8, 4) is 11.3 Å². The highest BCUT2D eigenvalue weighted by Gasteiger charge is 2.22. The summed E-state index contributed by atoms with van der Waals surface area (Å²) in [5.41, 5.74) is 2.62. The third kappa shape index (κ3) is 3.97. The van der Waals surface area contributed by atoms with Crippen LogP contribution in [0.3, 0.4) is 0 Å². The molecule has 148 valence electrons. The molecule has 3 aromatic rings. The van der Waals surface area contributed by atoms with Gasteiger partial charge < -0.3 is 9.80 Å². The zero-order valence-corrected chi connectivity index (χ0v) is 16.3. The lowest BCUT2D eigenvalue weighted by atomic mass is 10.0. The Morgan fingerprint density at radius 3 is 2.66 bits per heavy atom. The number of likely N-dealkylation sites (tertiary alicyclic amines) is 1. The van der Waals surface area contributed by atoms with E-state index in [1.165, 1.54) is 12.1 Å². The van der Waals surface area contributed by atoms with Crippen molar-refractivity contribution in [3.63, 3.8) is 0 Å². The SMILES string of the molecule is CN(CCN1CCCC1=O)C(=O)c1cc(-c2ccc(F)cc2)nc2ccccc12. The van der Waals surface area contributed by atoms with Crippen LogP contribution in [0.15, 0.2) is 54.6 Å². The summed E-state index contributed by atoms with van der Waals surface area (Å²) in [6, 6.07) is 15.3. The fourth-order valence-corrected chi connectivity index (χ4v) is 3.64. The zero-order chi connectivity index (χ0) is 20.4. The van der Waals surface area contributed by atoms with E-state index in [1.54, 1.807) is 35.0 Å². The molecule has 0 aliphatic carbocycles. The highest BCUT2D eigenvalue weighted by atomic mass is 19.1. The first-order chi connectivity index (χ1) is 14.0. The maximum absolute atomic E-state index is 13.3. The number of para-hydroxylation sites is 1. The Labute approximate surface area is 168 Å². The standard InChI is InChI=1S/C23H22FN3O2/c1-26(13-14-27-12-4-7-22(27)28)23(29)19-15-21(16-8-10-17(24)11-9-16)25-20-6-3-2-5-18(19)20/h2-3,5-6,8-11,15H,4,7,12-14H2,1H3. The molecule has 4 rings (SSSR count). The Balaban J connectivity index is 1.65. The average Bonchev–Trinajstić information content (AvgIpc) is 3.16. The molecular weight excluding hydrogens is 369 g/mol. The highest BCUT2D eigenvalue weighted by Crippen LogP contribution is 2.26. The summed E-state index contributed by atoms with van der Waals surface area (Å²) in [4.78, 5) is 33.1. The number of fused-ring (bicyclic) bond motifs is 1. The van der Waals surface area contributed by atoms with E-state index in [9.17, 15) is 14.0 Å². The van der Waals surface area contributed by atoms with Crippen LogP contribution in [-0.2, 0) is 4.79 Å². The van der Waals surface area contributed by atoms with Gasteiger partial charge in [-0.3, -0.25) is 9.59 Å². The van der Waals surface area contributed by atoms with Crippen molar-refractivity contribution < 1.29 is 14.0 Å². The van der Waals surface area contributed by atoms with E-state index in [0.29, 0.717) is 36.3 Å². The minimum Gasteiger partial charge on any atom is -0.341 e. The normalized spacial score (nSPS) is 13.9. The number of benzene rings is 2. The quantitative estimate of drug-likeness (QED) is 0.666. The molecule has 2 aromatic carbocycles. The van der Waals surface area contributed by atoms with Crippen molar-refractivity contribution >= 4 is 22.7 Å². The van der Waals surface area contributed by atoms with E-state index in [2.05, 4.69) is 4.98 Å². The Kier molecular flexibility index (Phi) is 5.25. The van der Waals surface area contributed by atoms with Crippen LogP contribution in [0, 0.1) is 5.82 Å². The summed E-state index contributed by atoms with van der Waals surface area (Å²) in [5, 5.41) is 0.771. The van der Waals surface area contributed by atoms with Crippen molar-refractivity contribution in [3.05, 3.63) is 66.0 Å². The fraction of sp³-hybridized carbons (Fsp3) is 0.261. The second-order valence-electron chi connectivity index (χ2n) is 7.29. The van der Waals surface area contributed by atoms with Crippen LogP contribution in [0.2, 0.25) is 0 Å². The molecule has 0 N–H and O–H groups in total. The number of pyridine rings is 1. The molecule has 1 aliphatic heterocycles. The number of carbonyl (C=O) groups excluding carboxylic acids is 2. The average molecular weight is 391 g/mol. The Morgan fingerprint density at radius 1 is 1.17 bits per heavy atom. The number of amides is 2. The molecule has 29 heavy (non-hydrogen) atoms. The second-order valence-corrected chi connectivity index (χ2v) is 7.29. The number of hydrogen-bond donors (Lipinski definition) is 0. The number of likely N-dealkylation sites (N-methyl/N-ethyl adjacent to an activating group) is 1. The van der Waals surface area contributed by atoms with Gasteiger partial charge in [0.2, 0.25) is 5.91 Å². The molecule has 2 heterocycles. The molecule has 0 spiro atoms. The van der Waals surface area contributed by atoms with Crippen LogP contribution in [0.5, 0.6) is 0 Å². The smallest absolute Gasteiger partial charge is 0.254 e. The van der Waals surface area contributed by atoms with Gasteiger partial charge in [-0.2, -0.15) is 0 Å². The predicted molar refractivity (Wildman–Crippen MR) is 110 cm³/mol. The first-order valence-electron chi connectivity index (χ1n) is 9.72. The van der Waals surface area contributed by atoms with E-state index in [0.717, 1.165) is 23.9 Å². The van der Waals surface area contributed by atoms with Crippen LogP contribution in [0.25, 0.3) is 22.2 Å². The first kappa shape index (κ1) is 19.1. The summed E-state index contributed by atoms with van der Waals surface area (Å²) in [5.74, 6) is -0.292. The lowest BCUT2D eigenvalue weighted by molar-refractivity contribution is -0.127. The van der Waals surface area contributed by atoms with Gasteiger partial charge in [0.05, 0.1) is 16.8 Å². The molecule has 0 saturated carbocycles. The van der Waals surface area contributed by atoms with Gasteiger partial charge in [0.15, 0.2) is 0 Å². The molecule has 0 unspecified atom stereocenters. The van der Waals surface area contributed by atoms with Gasteiger partial charge in [0.1, 0.15) is 5.82 Å². The van der Waals surface area contributed by atoms with Gasteiger partial charge in [0, 0.05) is 44.1 Å². The summed E-state index contributed by atoms with van der Waals surface area (Å²) < 4.78 is 13.3. The fourth-order valence-electron chi connectivity index (χ4n) is 3.64. The van der Waals surface area contributed by atoms with Gasteiger partial charge in [-0.25, -0.2) is 9.37 Å². The minimum atomic E-state index is -0.318. The lowest BCUT2D eigenvalue weighted by Gasteiger charge is -2.22. The lowest BCUT2D eigenvalue weighted by Crippen LogP contribution is -2.37. The molecule has 1 aromatic heterocycles. The van der Waals surface area contributed by atoms with Crippen LogP contribution >= 0.6 is 0 Å². The number of aromatic nitrogens is 1. The molecule has 0 radical (unpaired) electrons. The molecule has 1 aliphatic rings. The number of carbonyl (C=O) groups is 2. The van der Waals surface area contributed by atoms with Crippen LogP contribution in [0.4, 0.5) is 4.39 Å². The minimum absolute atomic E-state index is 0.126. The van der Waals surface area contributed by atoms with Gasteiger partial charge in [-0.15, -0.1) is 0 Å². The van der Waals surface area contributed by atoms with Gasteiger partial charge in [-0.05, 0) is 42.8 Å². The Hall–Kier alpha value is -3.28. The predicted octanol–water partition coefficient (Wildman–Crippen LogP) is 3.74. The van der Waals surface area contributed by atoms with Crippen molar-refractivity contribution in [1.29, 1.82) is 0 Å². The number of halogens is 1. The first-order valence-corrected chi connectivity index (χ1v) is 9.72. The molecular formula is C23H22FN3O2. The van der Waals surface area contributed by atoms with Crippen molar-refractivity contribution in [1.82, 2.24) is 14.8 Å². The number of rotatable bonds is 5. The third-order valence-electron chi connectivity index (χ3n) is 5.31. The molecule has 2 amide bonds. The summed E-state index contributed by atoms with van der Waals surface area (Å²) in [7, 11) is 1.75. The summed E-state index contributed by atoms with van der Waals surface area (Å²) in [6.07, 6.45) is 1.47. The number of nitrogens with zero attached hydrogens (tertiary/aromatic N) is 3. The molecule has 0 bridgehead atoms. The van der Waals surface area contributed by atoms with Crippen molar-refractivity contribution in [2.75, 3.05) is 26.7 Å². The highest BCUT2D eigenvalue weighted by molar-refractivity contribution is 6.07. The van der Waals surface area contributed by atoms with Gasteiger partial charge in [-0.1, -0.05) is 18.2 Å². The molecule has 1 saturated heterocycles. The van der Waals surface area contributed by atoms with Crippen LogP contribution in [0.1, 0.15) is 23.2 Å². The van der Waals surface area contributed by atoms with E-state index in [4.69, 9.17) is 0 Å². The Bertz CT molecular complexity index is 1070. The Morgan fingerprint density at radius 2 is 1.93 bits per heavy atom. The molecule has 6 heteroatoms. The summed E-state index contributed by atoms with van der Waals surface area (Å²) in [6.45, 7) is 1.76. The van der Waals surface area contributed by atoms with E-state index in [1.807, 2.05) is 24.3 Å². The van der Waals surface area contributed by atoms with Crippen molar-refractivity contribution in [2.45, 2.75) is 12.8 Å². The molecule has 1 fully saturated rings. The van der Waals surface area contributed by atoms with E-state index < -0.39 is 0 Å². The van der Waals surface area contributed by atoms with Gasteiger partial charge >= 0.3 is 0 Å². The topological polar surface area (TPSA) is 53.5 Å². The number of hydrogen-bond acceptors (Lipinski definition) is 3. The largest absolute Gasteiger partial charge is 0.341 e. The maximum Gasteiger partial charge on any atom is 0.254 e. The molecule has 0 atom stereocenters. The van der Waals surface area contributed by atoms with E-state index in [-0.39, 0.29) is 17.6 Å². The zero-order valence-electron chi connectivity index (χ0n) is 16.3.